The summed E-state index contributed by atoms with van der Waals surface area (Å²) in [5.74, 6) is -2.71. The molecule has 1 aliphatic heterocycles. The summed E-state index contributed by atoms with van der Waals surface area (Å²) in [5.41, 5.74) is 0. The zero-order chi connectivity index (χ0) is 12.9. The van der Waals surface area contributed by atoms with Crippen LogP contribution in [0.4, 0.5) is 0 Å². The monoisotopic (exact) mass is 242 g/mol. The van der Waals surface area contributed by atoms with Crippen LogP contribution in [0.5, 0.6) is 0 Å². The molecule has 0 aromatic carbocycles. The Hall–Kier alpha value is -1.06. The van der Waals surface area contributed by atoms with Gasteiger partial charge in [0.25, 0.3) is 5.79 Å². The van der Waals surface area contributed by atoms with E-state index in [-0.39, 0.29) is 0 Å². The van der Waals surface area contributed by atoms with Crippen molar-refractivity contribution in [2.75, 3.05) is 0 Å². The van der Waals surface area contributed by atoms with Gasteiger partial charge in [0, 0.05) is 13.8 Å². The van der Waals surface area contributed by atoms with Gasteiger partial charge in [-0.3, -0.25) is 9.59 Å². The van der Waals surface area contributed by atoms with Gasteiger partial charge in [-0.2, -0.15) is 0 Å². The molecule has 0 bridgehead atoms. The predicted octanol–water partition coefficient (Wildman–Crippen LogP) is 2.80. The Kier molecular flexibility index (Phi) is 4.97. The lowest BCUT2D eigenvalue weighted by atomic mass is 9.99. The highest BCUT2D eigenvalue weighted by Crippen LogP contribution is 2.26. The lowest BCUT2D eigenvalue weighted by Crippen LogP contribution is -2.46. The quantitative estimate of drug-likeness (QED) is 0.408. The van der Waals surface area contributed by atoms with E-state index in [2.05, 4.69) is 6.92 Å². The number of carbonyl (C=O) groups excluding carboxylic acids is 2. The molecule has 0 spiro atoms. The van der Waals surface area contributed by atoms with E-state index in [0.717, 1.165) is 19.3 Å². The molecule has 0 N–H and O–H groups in total. The maximum Gasteiger partial charge on any atom is 0.323 e. The van der Waals surface area contributed by atoms with Gasteiger partial charge in [0.05, 0.1) is 0 Å². The molecule has 0 amide bonds. The van der Waals surface area contributed by atoms with Crippen molar-refractivity contribution in [1.82, 2.24) is 0 Å². The van der Waals surface area contributed by atoms with E-state index in [0.29, 0.717) is 6.42 Å². The molecule has 0 aromatic rings. The van der Waals surface area contributed by atoms with Gasteiger partial charge < -0.3 is 9.47 Å². The lowest BCUT2D eigenvalue weighted by Gasteiger charge is -2.32. The molecule has 1 aliphatic rings. The number of esters is 2. The number of hydrogen-bond acceptors (Lipinski definition) is 4. The smallest absolute Gasteiger partial charge is 0.323 e. The first-order valence-corrected chi connectivity index (χ1v) is 6.42. The van der Waals surface area contributed by atoms with Crippen LogP contribution in [0.1, 0.15) is 59.3 Å². The molecule has 0 saturated carbocycles. The first-order chi connectivity index (χ1) is 7.96. The van der Waals surface area contributed by atoms with Crippen molar-refractivity contribution in [2.45, 2.75) is 65.1 Å². The molecule has 0 atom stereocenters. The van der Waals surface area contributed by atoms with E-state index in [1.54, 1.807) is 13.8 Å². The molecule has 0 radical (unpaired) electrons. The molecule has 1 heterocycles. The van der Waals surface area contributed by atoms with Gasteiger partial charge in [0.15, 0.2) is 5.92 Å². The van der Waals surface area contributed by atoms with Crippen molar-refractivity contribution < 1.29 is 19.1 Å². The second kappa shape index (κ2) is 6.03. The second-order valence-corrected chi connectivity index (χ2v) is 5.00. The van der Waals surface area contributed by atoms with Crippen LogP contribution in [0.2, 0.25) is 0 Å². The van der Waals surface area contributed by atoms with Crippen LogP contribution in [-0.4, -0.2) is 17.7 Å². The SMILES string of the molecule is CCCCCCCC1C(=O)OC(C)(C)OC1=O. The number of carbonyl (C=O) groups is 2. The summed E-state index contributed by atoms with van der Waals surface area (Å²) in [6, 6.07) is 0. The summed E-state index contributed by atoms with van der Waals surface area (Å²) in [7, 11) is 0. The number of unbranched alkanes of at least 4 members (excludes halogenated alkanes) is 4. The van der Waals surface area contributed by atoms with E-state index in [4.69, 9.17) is 9.47 Å². The number of ether oxygens (including phenoxy) is 2. The second-order valence-electron chi connectivity index (χ2n) is 5.00. The molecule has 1 rings (SSSR count). The average Bonchev–Trinajstić information content (AvgIpc) is 2.19. The molecule has 4 nitrogen and oxygen atoms in total. The molecule has 4 heteroatoms. The van der Waals surface area contributed by atoms with E-state index in [1.165, 1.54) is 12.8 Å². The minimum Gasteiger partial charge on any atom is -0.422 e. The van der Waals surface area contributed by atoms with Crippen molar-refractivity contribution in [3.8, 4) is 0 Å². The van der Waals surface area contributed by atoms with Gasteiger partial charge in [0.2, 0.25) is 0 Å². The zero-order valence-corrected chi connectivity index (χ0v) is 11.0. The molecule has 98 valence electrons. The highest BCUT2D eigenvalue weighted by atomic mass is 16.7. The highest BCUT2D eigenvalue weighted by Gasteiger charge is 2.42. The maximum absolute atomic E-state index is 11.6. The molecule has 1 fully saturated rings. The minimum absolute atomic E-state index is 0.443. The third-order valence-corrected chi connectivity index (χ3v) is 2.86. The van der Waals surface area contributed by atoms with Crippen LogP contribution in [0.15, 0.2) is 0 Å². The topological polar surface area (TPSA) is 52.6 Å². The number of hydrogen-bond donors (Lipinski definition) is 0. The Balaban J connectivity index is 2.33. The van der Waals surface area contributed by atoms with Gasteiger partial charge in [-0.25, -0.2) is 0 Å². The molecule has 0 unspecified atom stereocenters. The Morgan fingerprint density at radius 3 is 2.06 bits per heavy atom. The fraction of sp³-hybridized carbons (Fsp3) is 0.846. The van der Waals surface area contributed by atoms with Crippen molar-refractivity contribution >= 4 is 11.9 Å². The molecular weight excluding hydrogens is 220 g/mol. The van der Waals surface area contributed by atoms with Gasteiger partial charge in [0.1, 0.15) is 0 Å². The molecule has 0 aromatic heterocycles. The highest BCUT2D eigenvalue weighted by molar-refractivity contribution is 5.96. The van der Waals surface area contributed by atoms with Crippen molar-refractivity contribution in [1.29, 1.82) is 0 Å². The van der Waals surface area contributed by atoms with Crippen molar-refractivity contribution in [3.63, 3.8) is 0 Å². The molecule has 17 heavy (non-hydrogen) atoms. The van der Waals surface area contributed by atoms with Gasteiger partial charge in [-0.15, -0.1) is 0 Å². The van der Waals surface area contributed by atoms with E-state index in [9.17, 15) is 9.59 Å². The van der Waals surface area contributed by atoms with Gasteiger partial charge >= 0.3 is 11.9 Å². The van der Waals surface area contributed by atoms with E-state index >= 15 is 0 Å². The average molecular weight is 242 g/mol. The van der Waals surface area contributed by atoms with Crippen LogP contribution in [-0.2, 0) is 19.1 Å². The Bertz CT molecular complexity index is 263. The first-order valence-electron chi connectivity index (χ1n) is 6.42. The Morgan fingerprint density at radius 2 is 1.53 bits per heavy atom. The fourth-order valence-electron chi connectivity index (χ4n) is 1.93. The van der Waals surface area contributed by atoms with Crippen LogP contribution in [0.3, 0.4) is 0 Å². The minimum atomic E-state index is -1.10. The van der Waals surface area contributed by atoms with Crippen molar-refractivity contribution in [2.24, 2.45) is 5.92 Å². The van der Waals surface area contributed by atoms with Gasteiger partial charge in [-0.1, -0.05) is 39.0 Å². The number of cyclic esters (lactones) is 2. The predicted molar refractivity (Wildman–Crippen MR) is 63.1 cm³/mol. The third-order valence-electron chi connectivity index (χ3n) is 2.86. The van der Waals surface area contributed by atoms with Crippen LogP contribution < -0.4 is 0 Å². The summed E-state index contributed by atoms with van der Waals surface area (Å²) in [6.07, 6.45) is 5.99. The van der Waals surface area contributed by atoms with Crippen LogP contribution >= 0.6 is 0 Å². The van der Waals surface area contributed by atoms with E-state index in [1.807, 2.05) is 0 Å². The zero-order valence-electron chi connectivity index (χ0n) is 11.0. The summed E-state index contributed by atoms with van der Waals surface area (Å²) in [4.78, 5) is 23.2. The molecule has 0 aliphatic carbocycles. The summed E-state index contributed by atoms with van der Waals surface area (Å²) in [5, 5.41) is 0. The first kappa shape index (κ1) is 14.0. The van der Waals surface area contributed by atoms with Crippen molar-refractivity contribution in [3.05, 3.63) is 0 Å². The van der Waals surface area contributed by atoms with Crippen LogP contribution in [0.25, 0.3) is 0 Å². The van der Waals surface area contributed by atoms with E-state index < -0.39 is 23.6 Å². The fourth-order valence-corrected chi connectivity index (χ4v) is 1.93. The lowest BCUT2D eigenvalue weighted by molar-refractivity contribution is -0.240. The Morgan fingerprint density at radius 1 is 1.00 bits per heavy atom. The maximum atomic E-state index is 11.6. The number of rotatable bonds is 6. The third kappa shape index (κ3) is 4.36. The molecule has 1 saturated heterocycles. The van der Waals surface area contributed by atoms with Crippen LogP contribution in [0, 0.1) is 5.92 Å². The largest absolute Gasteiger partial charge is 0.422 e. The molecular formula is C13H22O4. The summed E-state index contributed by atoms with van der Waals surface area (Å²) < 4.78 is 10.1. The van der Waals surface area contributed by atoms with Gasteiger partial charge in [-0.05, 0) is 6.42 Å². The normalized spacial score (nSPS) is 19.9. The Labute approximate surface area is 103 Å². The summed E-state index contributed by atoms with van der Waals surface area (Å²) in [6.45, 7) is 5.29. The standard InChI is InChI=1S/C13H22O4/c1-4-5-6-7-8-9-10-11(14)16-13(2,3)17-12(10)15/h10H,4-9H2,1-3H3. The summed E-state index contributed by atoms with van der Waals surface area (Å²) >= 11 is 0.